The first-order chi connectivity index (χ1) is 8.59. The van der Waals surface area contributed by atoms with Gasteiger partial charge in [0.15, 0.2) is 5.69 Å². The van der Waals surface area contributed by atoms with Gasteiger partial charge >= 0.3 is 16.2 Å². The monoisotopic (exact) mass is 283 g/mol. The Bertz CT molecular complexity index is 812. The van der Waals surface area contributed by atoms with Crippen molar-refractivity contribution >= 4 is 16.2 Å². The molecule has 2 aromatic rings. The summed E-state index contributed by atoms with van der Waals surface area (Å²) in [5, 5.41) is 0. The molecule has 0 bridgehead atoms. The third kappa shape index (κ3) is 3.03. The van der Waals surface area contributed by atoms with Gasteiger partial charge in [-0.2, -0.15) is 8.42 Å². The molecule has 0 saturated carbocycles. The van der Waals surface area contributed by atoms with Crippen LogP contribution in [0.2, 0.25) is 0 Å². The molecule has 100 valence electrons. The van der Waals surface area contributed by atoms with Gasteiger partial charge in [-0.15, -0.1) is 4.36 Å². The molecule has 0 unspecified atom stereocenters. The summed E-state index contributed by atoms with van der Waals surface area (Å²) in [6, 6.07) is 8.13. The predicted octanol–water partition coefficient (Wildman–Crippen LogP) is -0.605. The Morgan fingerprint density at radius 3 is 2.32 bits per heavy atom. The summed E-state index contributed by atoms with van der Waals surface area (Å²) in [5.41, 5.74) is -1.49. The molecule has 1 aromatic heterocycles. The fraction of sp³-hybridized carbons (Fsp3) is 0. The Kier molecular flexibility index (Phi) is 4.51. The second-order valence-corrected chi connectivity index (χ2v) is 3.88. The van der Waals surface area contributed by atoms with Crippen molar-refractivity contribution in [1.29, 1.82) is 0 Å². The van der Waals surface area contributed by atoms with Crippen molar-refractivity contribution < 1.29 is 13.9 Å². The third-order valence-electron chi connectivity index (χ3n) is 2.14. The van der Waals surface area contributed by atoms with E-state index in [9.17, 15) is 18.0 Å². The fourth-order valence-corrected chi connectivity index (χ4v) is 1.71. The molecular weight excluding hydrogens is 274 g/mol. The maximum Gasteiger partial charge on any atom is 0.333 e. The standard InChI is InChI=1S/C10H7N3O4S.H2O/c14-9-8(12-18(16)17)6-11-10(15)13(9)7-4-2-1-3-5-7;/h1-6H,(H,11,15);1H2. The Morgan fingerprint density at radius 1 is 1.11 bits per heavy atom. The molecule has 0 aliphatic heterocycles. The van der Waals surface area contributed by atoms with E-state index >= 15 is 0 Å². The number of benzene rings is 1. The Hall–Kier alpha value is -2.52. The average Bonchev–Trinajstić information content (AvgIpc) is 2.34. The summed E-state index contributed by atoms with van der Waals surface area (Å²) in [6.45, 7) is 0. The van der Waals surface area contributed by atoms with E-state index < -0.39 is 21.7 Å². The van der Waals surface area contributed by atoms with E-state index in [0.717, 1.165) is 10.8 Å². The first kappa shape index (κ1) is 14.5. The summed E-state index contributed by atoms with van der Waals surface area (Å²) >= 11 is 0. The highest BCUT2D eigenvalue weighted by molar-refractivity contribution is 7.61. The highest BCUT2D eigenvalue weighted by Gasteiger charge is 2.08. The minimum atomic E-state index is -2.76. The molecule has 0 radical (unpaired) electrons. The Balaban J connectivity index is 0.00000180. The number of aromatic amines is 1. The van der Waals surface area contributed by atoms with Crippen LogP contribution < -0.4 is 11.2 Å². The van der Waals surface area contributed by atoms with E-state index in [1.165, 1.54) is 0 Å². The van der Waals surface area contributed by atoms with Crippen molar-refractivity contribution in [2.24, 2.45) is 4.36 Å². The van der Waals surface area contributed by atoms with Crippen LogP contribution in [-0.2, 0) is 10.5 Å². The van der Waals surface area contributed by atoms with Gasteiger partial charge in [0.2, 0.25) is 0 Å². The normalized spacial score (nSPS) is 9.47. The van der Waals surface area contributed by atoms with Crippen molar-refractivity contribution in [2.45, 2.75) is 0 Å². The largest absolute Gasteiger partial charge is 0.412 e. The lowest BCUT2D eigenvalue weighted by Gasteiger charge is -2.03. The maximum absolute atomic E-state index is 11.9. The number of H-pyrrole nitrogens is 1. The topological polar surface area (TPSA) is 133 Å². The zero-order chi connectivity index (χ0) is 13.1. The molecule has 0 amide bonds. The molecule has 1 aromatic carbocycles. The summed E-state index contributed by atoms with van der Waals surface area (Å²) in [7, 11) is -2.76. The molecule has 0 spiro atoms. The number of nitrogens with zero attached hydrogens (tertiary/aromatic N) is 2. The van der Waals surface area contributed by atoms with Gasteiger partial charge in [-0.05, 0) is 12.1 Å². The van der Waals surface area contributed by atoms with Crippen LogP contribution >= 0.6 is 0 Å². The van der Waals surface area contributed by atoms with Gasteiger partial charge in [-0.25, -0.2) is 9.36 Å². The first-order valence-corrected chi connectivity index (χ1v) is 5.84. The van der Waals surface area contributed by atoms with Gasteiger partial charge < -0.3 is 10.5 Å². The van der Waals surface area contributed by atoms with Crippen LogP contribution in [0.1, 0.15) is 0 Å². The van der Waals surface area contributed by atoms with Crippen LogP contribution in [0.5, 0.6) is 0 Å². The van der Waals surface area contributed by atoms with Gasteiger partial charge in [0, 0.05) is 6.20 Å². The zero-order valence-corrected chi connectivity index (χ0v) is 10.2. The summed E-state index contributed by atoms with van der Waals surface area (Å²) in [6.07, 6.45) is 0.958. The second kappa shape index (κ2) is 5.89. The number of rotatable bonds is 2. The molecule has 2 rings (SSSR count). The van der Waals surface area contributed by atoms with Crippen molar-refractivity contribution in [2.75, 3.05) is 0 Å². The highest BCUT2D eigenvalue weighted by Crippen LogP contribution is 2.04. The van der Waals surface area contributed by atoms with Crippen LogP contribution in [0.25, 0.3) is 5.69 Å². The van der Waals surface area contributed by atoms with Gasteiger partial charge in [0.25, 0.3) is 5.56 Å². The minimum absolute atomic E-state index is 0. The fourth-order valence-electron chi connectivity index (χ4n) is 1.42. The quantitative estimate of drug-likeness (QED) is 0.787. The van der Waals surface area contributed by atoms with Gasteiger partial charge in [-0.1, -0.05) is 18.2 Å². The zero-order valence-electron chi connectivity index (χ0n) is 9.40. The molecule has 9 heteroatoms. The van der Waals surface area contributed by atoms with E-state index in [1.54, 1.807) is 30.3 Å². The Morgan fingerprint density at radius 2 is 1.74 bits per heavy atom. The second-order valence-electron chi connectivity index (χ2n) is 3.26. The third-order valence-corrected chi connectivity index (χ3v) is 2.49. The molecule has 0 saturated heterocycles. The lowest BCUT2D eigenvalue weighted by Crippen LogP contribution is -2.32. The lowest BCUT2D eigenvalue weighted by molar-refractivity contribution is 0.622. The van der Waals surface area contributed by atoms with Crippen molar-refractivity contribution in [1.82, 2.24) is 9.55 Å². The van der Waals surface area contributed by atoms with Crippen LogP contribution in [-0.4, -0.2) is 23.4 Å². The molecule has 0 fully saturated rings. The van der Waals surface area contributed by atoms with Crippen molar-refractivity contribution in [3.8, 4) is 5.69 Å². The lowest BCUT2D eigenvalue weighted by atomic mass is 10.3. The number of hydrogen-bond acceptors (Lipinski definition) is 5. The van der Waals surface area contributed by atoms with Gasteiger partial charge in [0.05, 0.1) is 5.69 Å². The van der Waals surface area contributed by atoms with E-state index in [-0.39, 0.29) is 11.2 Å². The van der Waals surface area contributed by atoms with Gasteiger partial charge in [0.1, 0.15) is 0 Å². The van der Waals surface area contributed by atoms with Crippen LogP contribution in [0.4, 0.5) is 5.69 Å². The average molecular weight is 283 g/mol. The van der Waals surface area contributed by atoms with Crippen molar-refractivity contribution in [3.05, 3.63) is 57.4 Å². The maximum atomic E-state index is 11.9. The number of aromatic nitrogens is 2. The Labute approximate surface area is 108 Å². The SMILES string of the molecule is O.O=c1[nH]cc(N=S(=O)=O)c(=O)n1-c1ccccc1. The van der Waals surface area contributed by atoms with E-state index in [2.05, 4.69) is 9.35 Å². The molecule has 0 aliphatic rings. The first-order valence-electron chi connectivity index (χ1n) is 4.81. The van der Waals surface area contributed by atoms with E-state index in [0.29, 0.717) is 5.69 Å². The smallest absolute Gasteiger partial charge is 0.333 e. The molecule has 19 heavy (non-hydrogen) atoms. The van der Waals surface area contributed by atoms with Crippen LogP contribution in [0, 0.1) is 0 Å². The summed E-state index contributed by atoms with van der Waals surface area (Å²) < 4.78 is 24.8. The molecular formula is C10H9N3O5S. The van der Waals surface area contributed by atoms with E-state index in [1.807, 2.05) is 0 Å². The molecule has 3 N–H and O–H groups in total. The van der Waals surface area contributed by atoms with Gasteiger partial charge in [-0.3, -0.25) is 4.79 Å². The van der Waals surface area contributed by atoms with Crippen molar-refractivity contribution in [3.63, 3.8) is 0 Å². The van der Waals surface area contributed by atoms with Crippen LogP contribution in [0.15, 0.2) is 50.5 Å². The number of para-hydroxylation sites is 1. The highest BCUT2D eigenvalue weighted by atomic mass is 32.2. The van der Waals surface area contributed by atoms with Crippen LogP contribution in [0.3, 0.4) is 0 Å². The minimum Gasteiger partial charge on any atom is -0.412 e. The molecule has 1 heterocycles. The molecule has 0 aliphatic carbocycles. The molecule has 0 atom stereocenters. The predicted molar refractivity (Wildman–Crippen MR) is 67.3 cm³/mol. The number of hydrogen-bond donors (Lipinski definition) is 1. The number of nitrogens with one attached hydrogen (secondary N) is 1. The summed E-state index contributed by atoms with van der Waals surface area (Å²) in [4.78, 5) is 25.7. The summed E-state index contributed by atoms with van der Waals surface area (Å²) in [5.74, 6) is 0. The molecule has 8 nitrogen and oxygen atoms in total. The van der Waals surface area contributed by atoms with E-state index in [4.69, 9.17) is 0 Å².